The zero-order chi connectivity index (χ0) is 12.4. The SMILES string of the molecule is CC(N)(C(=O)Cc1ccncc1)C(F)(F)F. The molecule has 0 spiro atoms. The fraction of sp³-hybridized carbons (Fsp3) is 0.400. The van der Waals surface area contributed by atoms with Crippen LogP contribution in [0, 0.1) is 0 Å². The summed E-state index contributed by atoms with van der Waals surface area (Å²) in [5, 5.41) is 0. The summed E-state index contributed by atoms with van der Waals surface area (Å²) in [6, 6.07) is 2.95. The van der Waals surface area contributed by atoms with E-state index < -0.39 is 17.5 Å². The Hall–Kier alpha value is -1.43. The van der Waals surface area contributed by atoms with E-state index >= 15 is 0 Å². The van der Waals surface area contributed by atoms with E-state index in [1.54, 1.807) is 0 Å². The van der Waals surface area contributed by atoms with E-state index in [1.165, 1.54) is 24.5 Å². The molecule has 0 saturated heterocycles. The normalized spacial score (nSPS) is 15.6. The average Bonchev–Trinajstić information content (AvgIpc) is 2.17. The Morgan fingerprint density at radius 3 is 2.31 bits per heavy atom. The van der Waals surface area contributed by atoms with E-state index in [0.29, 0.717) is 12.5 Å². The van der Waals surface area contributed by atoms with Crippen LogP contribution in [0.5, 0.6) is 0 Å². The van der Waals surface area contributed by atoms with Gasteiger partial charge in [0, 0.05) is 18.8 Å². The van der Waals surface area contributed by atoms with Gasteiger partial charge in [0.2, 0.25) is 0 Å². The van der Waals surface area contributed by atoms with E-state index in [2.05, 4.69) is 4.98 Å². The molecule has 1 aromatic heterocycles. The molecule has 0 bridgehead atoms. The van der Waals surface area contributed by atoms with Gasteiger partial charge in [-0.25, -0.2) is 0 Å². The summed E-state index contributed by atoms with van der Waals surface area (Å²) in [6.07, 6.45) is -2.28. The van der Waals surface area contributed by atoms with Crippen LogP contribution in [0.1, 0.15) is 12.5 Å². The van der Waals surface area contributed by atoms with Crippen molar-refractivity contribution >= 4 is 5.78 Å². The van der Waals surface area contributed by atoms with Gasteiger partial charge in [-0.05, 0) is 24.6 Å². The first kappa shape index (κ1) is 12.6. The van der Waals surface area contributed by atoms with Crippen molar-refractivity contribution in [1.82, 2.24) is 4.98 Å². The number of ketones is 1. The van der Waals surface area contributed by atoms with E-state index in [9.17, 15) is 18.0 Å². The van der Waals surface area contributed by atoms with Crippen molar-refractivity contribution in [2.75, 3.05) is 0 Å². The number of hydrogen-bond donors (Lipinski definition) is 1. The third-order valence-corrected chi connectivity index (χ3v) is 2.28. The molecule has 6 heteroatoms. The van der Waals surface area contributed by atoms with Crippen molar-refractivity contribution in [2.24, 2.45) is 5.73 Å². The number of carbonyl (C=O) groups excluding carboxylic acids is 1. The number of hydrogen-bond acceptors (Lipinski definition) is 3. The summed E-state index contributed by atoms with van der Waals surface area (Å²) in [5.41, 5.74) is 2.64. The lowest BCUT2D eigenvalue weighted by Crippen LogP contribution is -2.57. The molecule has 1 aromatic rings. The lowest BCUT2D eigenvalue weighted by molar-refractivity contribution is -0.185. The number of carbonyl (C=O) groups is 1. The van der Waals surface area contributed by atoms with Gasteiger partial charge in [-0.15, -0.1) is 0 Å². The van der Waals surface area contributed by atoms with Gasteiger partial charge >= 0.3 is 6.18 Å². The number of rotatable bonds is 3. The maximum atomic E-state index is 12.4. The molecule has 0 aliphatic carbocycles. The second kappa shape index (κ2) is 4.21. The smallest absolute Gasteiger partial charge is 0.312 e. The standard InChI is InChI=1S/C10H11F3N2O/c1-9(14,10(11,12)13)8(16)6-7-2-4-15-5-3-7/h2-5H,6,14H2,1H3. The van der Waals surface area contributed by atoms with Crippen LogP contribution in [0.3, 0.4) is 0 Å². The molecule has 1 rings (SSSR count). The first-order valence-corrected chi connectivity index (χ1v) is 4.53. The molecule has 0 amide bonds. The fourth-order valence-electron chi connectivity index (χ4n) is 1.03. The van der Waals surface area contributed by atoms with Crippen LogP contribution in [0.2, 0.25) is 0 Å². The molecule has 1 heterocycles. The van der Waals surface area contributed by atoms with Gasteiger partial charge < -0.3 is 5.73 Å². The lowest BCUT2D eigenvalue weighted by Gasteiger charge is -2.25. The Morgan fingerprint density at radius 1 is 1.38 bits per heavy atom. The van der Waals surface area contributed by atoms with Gasteiger partial charge in [-0.1, -0.05) is 0 Å². The predicted molar refractivity (Wildman–Crippen MR) is 51.6 cm³/mol. The molecule has 88 valence electrons. The topological polar surface area (TPSA) is 56.0 Å². The second-order valence-corrected chi connectivity index (χ2v) is 3.66. The number of alkyl halides is 3. The highest BCUT2D eigenvalue weighted by Crippen LogP contribution is 2.29. The van der Waals surface area contributed by atoms with Crippen molar-refractivity contribution in [2.45, 2.75) is 25.1 Å². The van der Waals surface area contributed by atoms with Crippen LogP contribution in [0.4, 0.5) is 13.2 Å². The Bertz CT molecular complexity index is 373. The molecule has 0 aliphatic heterocycles. The number of aromatic nitrogens is 1. The third-order valence-electron chi connectivity index (χ3n) is 2.28. The van der Waals surface area contributed by atoms with Crippen molar-refractivity contribution in [3.8, 4) is 0 Å². The van der Waals surface area contributed by atoms with E-state index in [-0.39, 0.29) is 6.42 Å². The van der Waals surface area contributed by atoms with Crippen molar-refractivity contribution in [3.05, 3.63) is 30.1 Å². The van der Waals surface area contributed by atoms with E-state index in [0.717, 1.165) is 0 Å². The number of halogens is 3. The molecule has 3 nitrogen and oxygen atoms in total. The minimum Gasteiger partial charge on any atom is -0.312 e. The van der Waals surface area contributed by atoms with E-state index in [1.807, 2.05) is 0 Å². The van der Waals surface area contributed by atoms with Crippen LogP contribution >= 0.6 is 0 Å². The quantitative estimate of drug-likeness (QED) is 0.858. The molecular weight excluding hydrogens is 221 g/mol. The van der Waals surface area contributed by atoms with Crippen LogP contribution in [-0.2, 0) is 11.2 Å². The highest BCUT2D eigenvalue weighted by molar-refractivity contribution is 5.90. The average molecular weight is 232 g/mol. The van der Waals surface area contributed by atoms with Gasteiger partial charge in [0.05, 0.1) is 0 Å². The third kappa shape index (κ3) is 2.57. The number of nitrogens with two attached hydrogens (primary N) is 1. The second-order valence-electron chi connectivity index (χ2n) is 3.66. The van der Waals surface area contributed by atoms with Gasteiger partial charge in [0.1, 0.15) is 0 Å². The summed E-state index contributed by atoms with van der Waals surface area (Å²) in [5.74, 6) is -1.06. The van der Waals surface area contributed by atoms with Crippen LogP contribution < -0.4 is 5.73 Å². The van der Waals surface area contributed by atoms with E-state index in [4.69, 9.17) is 5.73 Å². The Labute approximate surface area is 90.5 Å². The van der Waals surface area contributed by atoms with Gasteiger partial charge in [-0.2, -0.15) is 13.2 Å². The monoisotopic (exact) mass is 232 g/mol. The molecule has 0 saturated carbocycles. The maximum Gasteiger partial charge on any atom is 0.413 e. The lowest BCUT2D eigenvalue weighted by atomic mass is 9.92. The van der Waals surface area contributed by atoms with Crippen LogP contribution in [0.15, 0.2) is 24.5 Å². The summed E-state index contributed by atoms with van der Waals surface area (Å²) in [4.78, 5) is 15.1. The molecule has 0 aromatic carbocycles. The summed E-state index contributed by atoms with van der Waals surface area (Å²) in [7, 11) is 0. The number of nitrogens with zero attached hydrogens (tertiary/aromatic N) is 1. The van der Waals surface area contributed by atoms with Gasteiger partial charge in [0.15, 0.2) is 11.3 Å². The summed E-state index contributed by atoms with van der Waals surface area (Å²) < 4.78 is 37.3. The minimum absolute atomic E-state index is 0.352. The Morgan fingerprint density at radius 2 is 1.88 bits per heavy atom. The highest BCUT2D eigenvalue weighted by atomic mass is 19.4. The molecule has 0 aliphatic rings. The molecule has 0 radical (unpaired) electrons. The Kier molecular flexibility index (Phi) is 3.32. The highest BCUT2D eigenvalue weighted by Gasteiger charge is 2.53. The van der Waals surface area contributed by atoms with Crippen LogP contribution in [-0.4, -0.2) is 22.5 Å². The number of pyridine rings is 1. The fourth-order valence-corrected chi connectivity index (χ4v) is 1.03. The molecular formula is C10H11F3N2O. The van der Waals surface area contributed by atoms with Crippen molar-refractivity contribution in [3.63, 3.8) is 0 Å². The van der Waals surface area contributed by atoms with Gasteiger partial charge in [-0.3, -0.25) is 9.78 Å². The molecule has 0 fully saturated rings. The summed E-state index contributed by atoms with van der Waals surface area (Å²) >= 11 is 0. The molecule has 2 N–H and O–H groups in total. The molecule has 1 atom stereocenters. The minimum atomic E-state index is -4.74. The van der Waals surface area contributed by atoms with Gasteiger partial charge in [0.25, 0.3) is 0 Å². The largest absolute Gasteiger partial charge is 0.413 e. The Balaban J connectivity index is 2.81. The molecule has 16 heavy (non-hydrogen) atoms. The maximum absolute atomic E-state index is 12.4. The van der Waals surface area contributed by atoms with Crippen molar-refractivity contribution in [1.29, 1.82) is 0 Å². The zero-order valence-corrected chi connectivity index (χ0v) is 8.58. The molecule has 1 unspecified atom stereocenters. The van der Waals surface area contributed by atoms with Crippen molar-refractivity contribution < 1.29 is 18.0 Å². The number of Topliss-reactive ketones (excluding diaryl/α,β-unsaturated/α-hetero) is 1. The predicted octanol–water partition coefficient (Wildman–Crippen LogP) is 1.47. The first-order chi connectivity index (χ1) is 7.25. The van der Waals surface area contributed by atoms with Crippen LogP contribution in [0.25, 0.3) is 0 Å². The zero-order valence-electron chi connectivity index (χ0n) is 8.58. The first-order valence-electron chi connectivity index (χ1n) is 4.53. The summed E-state index contributed by atoms with van der Waals surface area (Å²) in [6.45, 7) is 0.677.